The maximum Gasteiger partial charge on any atom is 0.326 e. The average molecular weight is 634 g/mol. The van der Waals surface area contributed by atoms with Crippen LogP contribution in [0.15, 0.2) is 90.2 Å². The smallest absolute Gasteiger partial charge is 0.326 e. The lowest BCUT2D eigenvalue weighted by atomic mass is 10.0. The van der Waals surface area contributed by atoms with Gasteiger partial charge in [0, 0.05) is 64.9 Å². The van der Waals surface area contributed by atoms with E-state index in [4.69, 9.17) is 15.9 Å². The molecule has 0 aliphatic heterocycles. The molecule has 2 aromatic heterocycles. The summed E-state index contributed by atoms with van der Waals surface area (Å²) < 4.78 is 36.3. The van der Waals surface area contributed by atoms with Crippen LogP contribution in [0.5, 0.6) is 0 Å². The van der Waals surface area contributed by atoms with Gasteiger partial charge < -0.3 is 15.0 Å². The van der Waals surface area contributed by atoms with Crippen LogP contribution in [0, 0.1) is 5.41 Å². The molecule has 0 unspecified atom stereocenters. The van der Waals surface area contributed by atoms with Crippen LogP contribution >= 0.6 is 12.4 Å². The molecule has 44 heavy (non-hydrogen) atoms. The van der Waals surface area contributed by atoms with Crippen LogP contribution in [-0.4, -0.2) is 48.7 Å². The third-order valence-electron chi connectivity index (χ3n) is 7.25. The first kappa shape index (κ1) is 32.2. The van der Waals surface area contributed by atoms with Gasteiger partial charge in [0.1, 0.15) is 12.4 Å². The fraction of sp³-hybridized carbons (Fsp3) is 0.188. The van der Waals surface area contributed by atoms with Crippen LogP contribution in [0.25, 0.3) is 21.7 Å². The molecule has 0 aliphatic carbocycles. The van der Waals surface area contributed by atoms with Crippen molar-refractivity contribution in [3.8, 4) is 0 Å². The highest BCUT2D eigenvalue weighted by atomic mass is 35.5. The van der Waals surface area contributed by atoms with Crippen molar-refractivity contribution >= 4 is 67.4 Å². The number of pyridine rings is 1. The van der Waals surface area contributed by atoms with E-state index in [1.54, 1.807) is 67.8 Å². The number of hydrogen-bond donors (Lipinski definition) is 2. The van der Waals surface area contributed by atoms with E-state index in [1.807, 2.05) is 23.7 Å². The zero-order valence-corrected chi connectivity index (χ0v) is 25.8. The summed E-state index contributed by atoms with van der Waals surface area (Å²) in [5.74, 6) is -0.835. The number of benzene rings is 3. The molecule has 0 atom stereocenters. The first-order chi connectivity index (χ1) is 20.6. The predicted molar refractivity (Wildman–Crippen MR) is 173 cm³/mol. The minimum Gasteiger partial charge on any atom is -0.465 e. The summed E-state index contributed by atoms with van der Waals surface area (Å²) in [6.45, 7) is 1.20. The van der Waals surface area contributed by atoms with Crippen molar-refractivity contribution in [3.05, 3.63) is 102 Å². The Labute approximate surface area is 261 Å². The van der Waals surface area contributed by atoms with Crippen LogP contribution in [0.3, 0.4) is 0 Å². The Hall–Kier alpha value is -4.74. The number of carbonyl (C=O) groups is 2. The van der Waals surface area contributed by atoms with Crippen molar-refractivity contribution in [2.45, 2.75) is 24.7 Å². The number of carbonyl (C=O) groups excluding carboxylic acids is 2. The molecule has 0 aliphatic rings. The molecule has 3 N–H and O–H groups in total. The lowest BCUT2D eigenvalue weighted by Gasteiger charge is -2.24. The Morgan fingerprint density at radius 3 is 2.50 bits per heavy atom. The van der Waals surface area contributed by atoms with Gasteiger partial charge in [-0.05, 0) is 49.2 Å². The van der Waals surface area contributed by atoms with Crippen molar-refractivity contribution in [3.63, 3.8) is 0 Å². The number of amidine groups is 1. The van der Waals surface area contributed by atoms with Gasteiger partial charge in [-0.25, -0.2) is 8.42 Å². The number of anilines is 1. The number of fused-ring (bicyclic) bond motifs is 2. The van der Waals surface area contributed by atoms with Crippen LogP contribution < -0.4 is 10.0 Å². The number of halogens is 1. The maximum atomic E-state index is 14.2. The highest BCUT2D eigenvalue weighted by molar-refractivity contribution is 7.93. The van der Waals surface area contributed by atoms with E-state index in [0.29, 0.717) is 33.7 Å². The van der Waals surface area contributed by atoms with E-state index < -0.39 is 22.5 Å². The molecule has 0 fully saturated rings. The highest BCUT2D eigenvalue weighted by Gasteiger charge is 2.30. The van der Waals surface area contributed by atoms with Gasteiger partial charge in [-0.15, -0.1) is 12.4 Å². The molecular weight excluding hydrogens is 602 g/mol. The topological polar surface area (TPSA) is 148 Å². The van der Waals surface area contributed by atoms with E-state index in [-0.39, 0.29) is 47.6 Å². The molecule has 0 saturated carbocycles. The second-order valence-corrected chi connectivity index (χ2v) is 11.9. The number of Topliss-reactive ketones (excluding diaryl/α,β-unsaturated/α-hetero) is 1. The first-order valence-electron chi connectivity index (χ1n) is 13.7. The van der Waals surface area contributed by atoms with Gasteiger partial charge in [0.05, 0.1) is 17.2 Å². The van der Waals surface area contributed by atoms with Crippen molar-refractivity contribution in [2.75, 3.05) is 17.5 Å². The fourth-order valence-corrected chi connectivity index (χ4v) is 6.69. The third-order valence-corrected chi connectivity index (χ3v) is 9.09. The largest absolute Gasteiger partial charge is 0.465 e. The zero-order valence-electron chi connectivity index (χ0n) is 24.2. The number of aromatic nitrogens is 2. The number of ether oxygens (including phenoxy) is 1. The highest BCUT2D eigenvalue weighted by Crippen LogP contribution is 2.32. The van der Waals surface area contributed by atoms with E-state index in [0.717, 1.165) is 15.4 Å². The Kier molecular flexibility index (Phi) is 9.71. The summed E-state index contributed by atoms with van der Waals surface area (Å²) in [5, 5.41) is 9.23. The fourth-order valence-electron chi connectivity index (χ4n) is 5.08. The zero-order chi connectivity index (χ0) is 30.7. The number of nitrogens with zero attached hydrogens (tertiary/aromatic N) is 3. The van der Waals surface area contributed by atoms with Gasteiger partial charge in [-0.1, -0.05) is 36.4 Å². The van der Waals surface area contributed by atoms with Gasteiger partial charge in [0.25, 0.3) is 10.0 Å². The van der Waals surface area contributed by atoms with Crippen molar-refractivity contribution in [2.24, 2.45) is 12.8 Å². The van der Waals surface area contributed by atoms with Gasteiger partial charge in [0.2, 0.25) is 0 Å². The molecule has 10 nitrogen and oxygen atoms in total. The number of ketones is 1. The summed E-state index contributed by atoms with van der Waals surface area (Å²) in [7, 11) is -2.44. The van der Waals surface area contributed by atoms with E-state index in [2.05, 4.69) is 4.98 Å². The number of nitrogen functional groups attached to an aromatic ring is 1. The molecule has 228 valence electrons. The Morgan fingerprint density at radius 2 is 1.80 bits per heavy atom. The molecule has 0 bridgehead atoms. The monoisotopic (exact) mass is 633 g/mol. The summed E-state index contributed by atoms with van der Waals surface area (Å²) >= 11 is 0. The van der Waals surface area contributed by atoms with Crippen LogP contribution in [0.1, 0.15) is 34.8 Å². The molecule has 0 amide bonds. The molecule has 3 aromatic carbocycles. The number of aryl methyl sites for hydroxylation is 2. The van der Waals surface area contributed by atoms with Gasteiger partial charge >= 0.3 is 5.97 Å². The number of hydrogen-bond acceptors (Lipinski definition) is 7. The minimum absolute atomic E-state index is 0. The SMILES string of the molecule is CCOC(=O)CN(c1ccc2c(c1)c(C(=O)CCc1ccc(C(=N)N)cc1)cn2C)S(=O)(=O)c1cccc2cnccc12.Cl. The van der Waals surface area contributed by atoms with Gasteiger partial charge in [-0.2, -0.15) is 0 Å². The Bertz CT molecular complexity index is 1970. The van der Waals surface area contributed by atoms with E-state index >= 15 is 0 Å². The molecular formula is C32H32ClN5O5S. The van der Waals surface area contributed by atoms with Gasteiger partial charge in [-0.3, -0.25) is 24.3 Å². The molecule has 2 heterocycles. The van der Waals surface area contributed by atoms with E-state index in [9.17, 15) is 18.0 Å². The van der Waals surface area contributed by atoms with Crippen LogP contribution in [-0.2, 0) is 33.0 Å². The second-order valence-electron chi connectivity index (χ2n) is 10.1. The number of nitrogens with two attached hydrogens (primary N) is 1. The van der Waals surface area contributed by atoms with Gasteiger partial charge in [0.15, 0.2) is 5.78 Å². The lowest BCUT2D eigenvalue weighted by molar-refractivity contribution is -0.141. The lowest BCUT2D eigenvalue weighted by Crippen LogP contribution is -2.36. The molecule has 12 heteroatoms. The Balaban J connectivity index is 0.00000442. The number of rotatable bonds is 11. The first-order valence-corrected chi connectivity index (χ1v) is 15.1. The molecule has 0 radical (unpaired) electrons. The van der Waals surface area contributed by atoms with E-state index in [1.165, 1.54) is 12.3 Å². The second kappa shape index (κ2) is 13.3. The van der Waals surface area contributed by atoms with Crippen molar-refractivity contribution < 1.29 is 22.7 Å². The number of sulfonamides is 1. The predicted octanol–water partition coefficient (Wildman–Crippen LogP) is 5.01. The van der Waals surface area contributed by atoms with Crippen molar-refractivity contribution in [1.82, 2.24) is 9.55 Å². The summed E-state index contributed by atoms with van der Waals surface area (Å²) in [6.07, 6.45) is 5.53. The number of esters is 1. The summed E-state index contributed by atoms with van der Waals surface area (Å²) in [6, 6.07) is 18.7. The molecule has 0 spiro atoms. The normalized spacial score (nSPS) is 11.2. The van der Waals surface area contributed by atoms with Crippen LogP contribution in [0.4, 0.5) is 5.69 Å². The Morgan fingerprint density at radius 1 is 1.05 bits per heavy atom. The maximum absolute atomic E-state index is 14.2. The standard InChI is InChI=1S/C32H31N5O5S.ClH/c1-3-42-31(39)20-37(43(40,41)30-6-4-5-23-18-35-16-15-25(23)30)24-12-13-28-26(17-24)27(19-36(28)2)29(38)14-9-21-7-10-22(11-8-21)32(33)34;/h4-8,10-13,15-19H,3,9,14,20H2,1-2H3,(H3,33,34);1H. The minimum atomic E-state index is -4.26. The summed E-state index contributed by atoms with van der Waals surface area (Å²) in [4.78, 5) is 30.2. The molecule has 0 saturated heterocycles. The molecule has 5 aromatic rings. The summed E-state index contributed by atoms with van der Waals surface area (Å²) in [5.41, 5.74) is 8.49. The van der Waals surface area contributed by atoms with Crippen molar-refractivity contribution in [1.29, 1.82) is 5.41 Å². The average Bonchev–Trinajstić information content (AvgIpc) is 3.34. The number of nitrogens with one attached hydrogen (secondary N) is 1. The van der Waals surface area contributed by atoms with Crippen LogP contribution in [0.2, 0.25) is 0 Å². The molecule has 5 rings (SSSR count). The third kappa shape index (κ3) is 6.43. The quantitative estimate of drug-likeness (QED) is 0.0899.